The molecule has 1 nitrogen and oxygen atoms in total. The molecular formula is C8H10OS. The number of carbonyl (C=O) groups is 1. The van der Waals surface area contributed by atoms with E-state index in [-0.39, 0.29) is 0 Å². The van der Waals surface area contributed by atoms with Crippen molar-refractivity contribution >= 4 is 17.6 Å². The minimum absolute atomic E-state index is 0.692. The minimum atomic E-state index is 0.692. The zero-order valence-corrected chi connectivity index (χ0v) is 6.56. The molecule has 0 aromatic carbocycles. The number of aldehydes is 1. The Labute approximate surface area is 64.7 Å². The van der Waals surface area contributed by atoms with Crippen molar-refractivity contribution in [3.05, 3.63) is 22.4 Å². The molecule has 0 saturated heterocycles. The van der Waals surface area contributed by atoms with Gasteiger partial charge in [0.25, 0.3) is 0 Å². The van der Waals surface area contributed by atoms with Crippen LogP contribution in [0.2, 0.25) is 0 Å². The first-order valence-corrected chi connectivity index (χ1v) is 4.27. The first-order valence-electron chi connectivity index (χ1n) is 3.39. The second kappa shape index (κ2) is 4.23. The fourth-order valence-corrected chi connectivity index (χ4v) is 1.57. The molecule has 1 aromatic heterocycles. The lowest BCUT2D eigenvalue weighted by Gasteiger charge is -1.90. The fraction of sp³-hybridized carbons (Fsp3) is 0.375. The van der Waals surface area contributed by atoms with Gasteiger partial charge in [-0.15, -0.1) is 11.3 Å². The van der Waals surface area contributed by atoms with Crippen molar-refractivity contribution in [3.63, 3.8) is 0 Å². The lowest BCUT2D eigenvalue weighted by molar-refractivity contribution is -0.107. The minimum Gasteiger partial charge on any atom is -0.303 e. The van der Waals surface area contributed by atoms with Crippen LogP contribution in [0.5, 0.6) is 0 Å². The normalized spacial score (nSPS) is 9.60. The quantitative estimate of drug-likeness (QED) is 0.480. The van der Waals surface area contributed by atoms with Crippen LogP contribution < -0.4 is 0 Å². The molecule has 1 aromatic rings. The maximum atomic E-state index is 9.94. The molecule has 0 spiro atoms. The summed E-state index contributed by atoms with van der Waals surface area (Å²) in [5, 5.41) is 2.07. The summed E-state index contributed by atoms with van der Waals surface area (Å²) in [4.78, 5) is 11.3. The highest BCUT2D eigenvalue weighted by Crippen LogP contribution is 2.10. The smallest absolute Gasteiger partial charge is 0.120 e. The summed E-state index contributed by atoms with van der Waals surface area (Å²) >= 11 is 1.76. The Morgan fingerprint density at radius 3 is 3.10 bits per heavy atom. The molecule has 1 heterocycles. The average Bonchev–Trinajstić information content (AvgIpc) is 2.41. The highest BCUT2D eigenvalue weighted by Gasteiger charge is 1.91. The number of carbonyl (C=O) groups excluding carboxylic acids is 1. The third-order valence-corrected chi connectivity index (χ3v) is 2.26. The SMILES string of the molecule is O=CCCCc1cccs1. The molecule has 0 fully saturated rings. The summed E-state index contributed by atoms with van der Waals surface area (Å²) in [6, 6.07) is 4.15. The first-order chi connectivity index (χ1) is 4.93. The Morgan fingerprint density at radius 2 is 2.50 bits per heavy atom. The van der Waals surface area contributed by atoms with Gasteiger partial charge in [-0.05, 0) is 24.3 Å². The van der Waals surface area contributed by atoms with Gasteiger partial charge in [0.15, 0.2) is 0 Å². The molecule has 0 saturated carbocycles. The third-order valence-electron chi connectivity index (χ3n) is 1.33. The van der Waals surface area contributed by atoms with E-state index in [1.54, 1.807) is 11.3 Å². The Bertz CT molecular complexity index is 179. The molecule has 0 unspecified atom stereocenters. The summed E-state index contributed by atoms with van der Waals surface area (Å²) in [5.41, 5.74) is 0. The number of aryl methyl sites for hydroxylation is 1. The first kappa shape index (κ1) is 7.48. The molecule has 10 heavy (non-hydrogen) atoms. The van der Waals surface area contributed by atoms with Crippen LogP contribution in [0.4, 0.5) is 0 Å². The molecule has 0 aliphatic heterocycles. The number of hydrogen-bond acceptors (Lipinski definition) is 2. The van der Waals surface area contributed by atoms with Crippen LogP contribution in [-0.2, 0) is 11.2 Å². The second-order valence-corrected chi connectivity index (χ2v) is 3.17. The van der Waals surface area contributed by atoms with Crippen LogP contribution in [0.1, 0.15) is 17.7 Å². The van der Waals surface area contributed by atoms with Crippen LogP contribution in [0.3, 0.4) is 0 Å². The van der Waals surface area contributed by atoms with E-state index in [9.17, 15) is 4.79 Å². The maximum absolute atomic E-state index is 9.94. The van der Waals surface area contributed by atoms with E-state index in [2.05, 4.69) is 11.4 Å². The molecule has 0 amide bonds. The molecule has 0 radical (unpaired) electrons. The van der Waals surface area contributed by atoms with Gasteiger partial charge in [0.1, 0.15) is 6.29 Å². The van der Waals surface area contributed by atoms with Crippen molar-refractivity contribution in [2.75, 3.05) is 0 Å². The van der Waals surface area contributed by atoms with E-state index in [1.807, 2.05) is 6.07 Å². The van der Waals surface area contributed by atoms with Gasteiger partial charge in [0.2, 0.25) is 0 Å². The van der Waals surface area contributed by atoms with Gasteiger partial charge in [0.05, 0.1) is 0 Å². The van der Waals surface area contributed by atoms with Crippen LogP contribution in [0, 0.1) is 0 Å². The molecule has 2 heteroatoms. The van der Waals surface area contributed by atoms with Gasteiger partial charge < -0.3 is 4.79 Å². The molecule has 0 N–H and O–H groups in total. The van der Waals surface area contributed by atoms with Gasteiger partial charge >= 0.3 is 0 Å². The Hall–Kier alpha value is -0.630. The summed E-state index contributed by atoms with van der Waals surface area (Å²) in [7, 11) is 0. The molecule has 0 bridgehead atoms. The monoisotopic (exact) mass is 154 g/mol. The topological polar surface area (TPSA) is 17.1 Å². The van der Waals surface area contributed by atoms with Crippen molar-refractivity contribution in [1.82, 2.24) is 0 Å². The van der Waals surface area contributed by atoms with Gasteiger partial charge in [-0.25, -0.2) is 0 Å². The Balaban J connectivity index is 2.21. The predicted octanol–water partition coefficient (Wildman–Crippen LogP) is 2.27. The maximum Gasteiger partial charge on any atom is 0.120 e. The highest BCUT2D eigenvalue weighted by molar-refractivity contribution is 7.09. The number of thiophene rings is 1. The van der Waals surface area contributed by atoms with E-state index >= 15 is 0 Å². The van der Waals surface area contributed by atoms with Crippen LogP contribution in [-0.4, -0.2) is 6.29 Å². The molecule has 0 atom stereocenters. The summed E-state index contributed by atoms with van der Waals surface area (Å²) < 4.78 is 0. The standard InChI is InChI=1S/C8H10OS/c9-6-2-1-4-8-5-3-7-10-8/h3,5-7H,1-2,4H2. The highest BCUT2D eigenvalue weighted by atomic mass is 32.1. The Morgan fingerprint density at radius 1 is 1.60 bits per heavy atom. The van der Waals surface area contributed by atoms with Gasteiger partial charge in [-0.2, -0.15) is 0 Å². The van der Waals surface area contributed by atoms with Gasteiger partial charge in [-0.3, -0.25) is 0 Å². The Kier molecular flexibility index (Phi) is 3.16. The fourth-order valence-electron chi connectivity index (χ4n) is 0.814. The van der Waals surface area contributed by atoms with Crippen molar-refractivity contribution in [3.8, 4) is 0 Å². The van der Waals surface area contributed by atoms with Crippen LogP contribution >= 0.6 is 11.3 Å². The van der Waals surface area contributed by atoms with Gasteiger partial charge in [0, 0.05) is 11.3 Å². The summed E-state index contributed by atoms with van der Waals surface area (Å²) in [5.74, 6) is 0. The lowest BCUT2D eigenvalue weighted by atomic mass is 10.2. The van der Waals surface area contributed by atoms with E-state index < -0.39 is 0 Å². The van der Waals surface area contributed by atoms with E-state index in [0.29, 0.717) is 6.42 Å². The largest absolute Gasteiger partial charge is 0.303 e. The van der Waals surface area contributed by atoms with Crippen LogP contribution in [0.15, 0.2) is 17.5 Å². The number of hydrogen-bond donors (Lipinski definition) is 0. The molecule has 0 aliphatic rings. The number of unbranched alkanes of at least 4 members (excludes halogenated alkanes) is 1. The van der Waals surface area contributed by atoms with Crippen molar-refractivity contribution < 1.29 is 4.79 Å². The zero-order chi connectivity index (χ0) is 7.23. The molecule has 1 rings (SSSR count). The van der Waals surface area contributed by atoms with E-state index in [0.717, 1.165) is 19.1 Å². The third kappa shape index (κ3) is 2.31. The van der Waals surface area contributed by atoms with Crippen molar-refractivity contribution in [2.45, 2.75) is 19.3 Å². The van der Waals surface area contributed by atoms with Gasteiger partial charge in [-0.1, -0.05) is 6.07 Å². The van der Waals surface area contributed by atoms with E-state index in [1.165, 1.54) is 4.88 Å². The molecular weight excluding hydrogens is 144 g/mol. The molecule has 0 aliphatic carbocycles. The summed E-state index contributed by atoms with van der Waals surface area (Å²) in [6.07, 6.45) is 3.71. The second-order valence-electron chi connectivity index (χ2n) is 2.14. The lowest BCUT2D eigenvalue weighted by Crippen LogP contribution is -1.80. The van der Waals surface area contributed by atoms with Crippen molar-refractivity contribution in [2.24, 2.45) is 0 Å². The van der Waals surface area contributed by atoms with Crippen molar-refractivity contribution in [1.29, 1.82) is 0 Å². The van der Waals surface area contributed by atoms with E-state index in [4.69, 9.17) is 0 Å². The zero-order valence-electron chi connectivity index (χ0n) is 5.75. The van der Waals surface area contributed by atoms with Crippen LogP contribution in [0.25, 0.3) is 0 Å². The summed E-state index contributed by atoms with van der Waals surface area (Å²) in [6.45, 7) is 0. The molecule has 54 valence electrons. The predicted molar refractivity (Wildman–Crippen MR) is 43.3 cm³/mol. The average molecular weight is 154 g/mol. The number of rotatable bonds is 4.